The van der Waals surface area contributed by atoms with Crippen LogP contribution < -0.4 is 5.32 Å². The van der Waals surface area contributed by atoms with Crippen molar-refractivity contribution in [1.29, 1.82) is 0 Å². The number of carbonyl (C=O) groups excluding carboxylic acids is 1. The summed E-state index contributed by atoms with van der Waals surface area (Å²) >= 11 is 0. The summed E-state index contributed by atoms with van der Waals surface area (Å²) < 4.78 is 0. The zero-order chi connectivity index (χ0) is 9.76. The van der Waals surface area contributed by atoms with E-state index in [0.29, 0.717) is 12.1 Å². The predicted molar refractivity (Wildman–Crippen MR) is 53.6 cm³/mol. The molecule has 78 valence electrons. The molecule has 3 fully saturated rings. The summed E-state index contributed by atoms with van der Waals surface area (Å²) in [5.74, 6) is 1.19. The van der Waals surface area contributed by atoms with Crippen molar-refractivity contribution in [1.82, 2.24) is 10.2 Å². The molecule has 1 atom stereocenters. The first-order valence-corrected chi connectivity index (χ1v) is 5.84. The van der Waals surface area contributed by atoms with Crippen LogP contribution in [0.3, 0.4) is 0 Å². The van der Waals surface area contributed by atoms with Gasteiger partial charge >= 0.3 is 0 Å². The van der Waals surface area contributed by atoms with Gasteiger partial charge in [0.2, 0.25) is 5.91 Å². The first-order chi connectivity index (χ1) is 6.75. The maximum Gasteiger partial charge on any atom is 0.244 e. The van der Waals surface area contributed by atoms with Crippen LogP contribution >= 0.6 is 0 Å². The number of amides is 1. The number of carbonyl (C=O) groups is 1. The lowest BCUT2D eigenvalue weighted by atomic mass is 10.2. The summed E-state index contributed by atoms with van der Waals surface area (Å²) in [6, 6.07) is 0. The third-order valence-electron chi connectivity index (χ3n) is 3.78. The van der Waals surface area contributed by atoms with E-state index in [2.05, 4.69) is 17.1 Å². The van der Waals surface area contributed by atoms with E-state index in [1.807, 2.05) is 0 Å². The normalized spacial score (nSPS) is 34.2. The van der Waals surface area contributed by atoms with Crippen molar-refractivity contribution in [3.8, 4) is 0 Å². The number of rotatable bonds is 3. The van der Waals surface area contributed by atoms with Crippen molar-refractivity contribution in [2.24, 2.45) is 5.92 Å². The molecule has 0 radical (unpaired) electrons. The minimum absolute atomic E-state index is 0.102. The minimum Gasteiger partial charge on any atom is -0.325 e. The lowest BCUT2D eigenvalue weighted by molar-refractivity contribution is -0.131. The van der Waals surface area contributed by atoms with Gasteiger partial charge in [-0.25, -0.2) is 0 Å². The summed E-state index contributed by atoms with van der Waals surface area (Å²) in [4.78, 5) is 14.2. The first-order valence-electron chi connectivity index (χ1n) is 5.84. The molecular weight excluding hydrogens is 176 g/mol. The number of hydrogen-bond acceptors (Lipinski definition) is 2. The Kier molecular flexibility index (Phi) is 1.69. The van der Waals surface area contributed by atoms with Crippen molar-refractivity contribution < 1.29 is 4.79 Å². The fourth-order valence-corrected chi connectivity index (χ4v) is 2.47. The van der Waals surface area contributed by atoms with Crippen LogP contribution in [0.5, 0.6) is 0 Å². The highest BCUT2D eigenvalue weighted by atomic mass is 16.2. The Morgan fingerprint density at radius 1 is 1.50 bits per heavy atom. The van der Waals surface area contributed by atoms with Crippen LogP contribution in [0, 0.1) is 5.92 Å². The predicted octanol–water partition coefficient (Wildman–Crippen LogP) is 1.10. The number of nitrogens with zero attached hydrogens (tertiary/aromatic N) is 1. The van der Waals surface area contributed by atoms with E-state index in [9.17, 15) is 4.79 Å². The molecule has 0 bridgehead atoms. The van der Waals surface area contributed by atoms with Crippen LogP contribution in [0.15, 0.2) is 0 Å². The number of hydrogen-bond donors (Lipinski definition) is 1. The van der Waals surface area contributed by atoms with Gasteiger partial charge in [0, 0.05) is 6.54 Å². The summed E-state index contributed by atoms with van der Waals surface area (Å²) in [7, 11) is 0. The molecule has 1 unspecified atom stereocenters. The third kappa shape index (κ3) is 1.18. The van der Waals surface area contributed by atoms with E-state index in [-0.39, 0.29) is 5.54 Å². The standard InChI is InChI=1S/C11H18N2O/c1-2-9-12-11(5-6-11)10(14)13(9)7-8-3-4-8/h8-9,12H,2-7H2,1H3. The molecule has 3 rings (SSSR count). The van der Waals surface area contributed by atoms with Crippen LogP contribution in [0.2, 0.25) is 0 Å². The SMILES string of the molecule is CCC1NC2(CC2)C(=O)N1CC1CC1. The fourth-order valence-electron chi connectivity index (χ4n) is 2.47. The Balaban J connectivity index is 1.75. The van der Waals surface area contributed by atoms with Gasteiger partial charge in [0.1, 0.15) is 0 Å². The van der Waals surface area contributed by atoms with Gasteiger partial charge in [0.05, 0.1) is 11.7 Å². The first kappa shape index (κ1) is 8.72. The van der Waals surface area contributed by atoms with E-state index in [0.717, 1.165) is 31.7 Å². The zero-order valence-electron chi connectivity index (χ0n) is 8.75. The van der Waals surface area contributed by atoms with Gasteiger partial charge in [-0.2, -0.15) is 0 Å². The van der Waals surface area contributed by atoms with Crippen molar-refractivity contribution in [2.45, 2.75) is 50.7 Å². The van der Waals surface area contributed by atoms with Crippen LogP contribution in [0.4, 0.5) is 0 Å². The lowest BCUT2D eigenvalue weighted by Crippen LogP contribution is -2.38. The lowest BCUT2D eigenvalue weighted by Gasteiger charge is -2.22. The molecule has 0 aromatic carbocycles. The molecule has 2 saturated carbocycles. The summed E-state index contributed by atoms with van der Waals surface area (Å²) in [6.45, 7) is 3.17. The van der Waals surface area contributed by atoms with Gasteiger partial charge in [-0.1, -0.05) is 6.92 Å². The largest absolute Gasteiger partial charge is 0.325 e. The van der Waals surface area contributed by atoms with Crippen LogP contribution in [0.1, 0.15) is 39.0 Å². The second-order valence-electron chi connectivity index (χ2n) is 5.05. The van der Waals surface area contributed by atoms with Crippen LogP contribution in [0.25, 0.3) is 0 Å². The molecule has 1 N–H and O–H groups in total. The average molecular weight is 194 g/mol. The summed E-state index contributed by atoms with van der Waals surface area (Å²) in [5.41, 5.74) is -0.102. The van der Waals surface area contributed by atoms with Crippen molar-refractivity contribution in [3.05, 3.63) is 0 Å². The molecule has 14 heavy (non-hydrogen) atoms. The molecule has 0 aromatic heterocycles. The Labute approximate surface area is 84.8 Å². The monoisotopic (exact) mass is 194 g/mol. The van der Waals surface area contributed by atoms with Gasteiger partial charge in [0.25, 0.3) is 0 Å². The smallest absolute Gasteiger partial charge is 0.244 e. The molecule has 1 spiro atoms. The van der Waals surface area contributed by atoms with Crippen LogP contribution in [-0.4, -0.2) is 29.1 Å². The molecule has 3 aliphatic rings. The van der Waals surface area contributed by atoms with E-state index in [4.69, 9.17) is 0 Å². The topological polar surface area (TPSA) is 32.3 Å². The summed E-state index contributed by atoms with van der Waals surface area (Å²) in [6.07, 6.45) is 6.14. The Hall–Kier alpha value is -0.570. The molecule has 1 amide bonds. The van der Waals surface area contributed by atoms with Crippen LogP contribution in [-0.2, 0) is 4.79 Å². The summed E-state index contributed by atoms with van der Waals surface area (Å²) in [5, 5.41) is 3.50. The second-order valence-corrected chi connectivity index (χ2v) is 5.05. The minimum atomic E-state index is -0.102. The molecule has 2 aliphatic carbocycles. The highest BCUT2D eigenvalue weighted by Crippen LogP contribution is 2.44. The molecule has 1 aliphatic heterocycles. The van der Waals surface area contributed by atoms with Gasteiger partial charge in [-0.3, -0.25) is 10.1 Å². The third-order valence-corrected chi connectivity index (χ3v) is 3.78. The van der Waals surface area contributed by atoms with Gasteiger partial charge in [-0.05, 0) is 38.0 Å². The number of nitrogens with one attached hydrogen (secondary N) is 1. The van der Waals surface area contributed by atoms with E-state index in [1.54, 1.807) is 0 Å². The maximum atomic E-state index is 12.1. The second kappa shape index (κ2) is 2.72. The van der Waals surface area contributed by atoms with E-state index < -0.39 is 0 Å². The Morgan fingerprint density at radius 2 is 2.21 bits per heavy atom. The van der Waals surface area contributed by atoms with Gasteiger partial charge in [-0.15, -0.1) is 0 Å². The molecule has 1 heterocycles. The van der Waals surface area contributed by atoms with Crippen molar-refractivity contribution in [3.63, 3.8) is 0 Å². The Bertz CT molecular complexity index is 268. The molecule has 1 saturated heterocycles. The van der Waals surface area contributed by atoms with Gasteiger partial charge in [0.15, 0.2) is 0 Å². The van der Waals surface area contributed by atoms with Gasteiger partial charge < -0.3 is 4.90 Å². The van der Waals surface area contributed by atoms with Crippen molar-refractivity contribution in [2.75, 3.05) is 6.54 Å². The molecular formula is C11H18N2O. The van der Waals surface area contributed by atoms with E-state index in [1.165, 1.54) is 12.8 Å². The molecule has 3 nitrogen and oxygen atoms in total. The zero-order valence-corrected chi connectivity index (χ0v) is 8.75. The molecule has 3 heteroatoms. The molecule has 0 aromatic rings. The van der Waals surface area contributed by atoms with Crippen molar-refractivity contribution >= 4 is 5.91 Å². The highest BCUT2D eigenvalue weighted by Gasteiger charge is 2.58. The highest BCUT2D eigenvalue weighted by molar-refractivity contribution is 5.91. The average Bonchev–Trinajstić information content (AvgIpc) is 3.05. The fraction of sp³-hybridized carbons (Fsp3) is 0.909. The Morgan fingerprint density at radius 3 is 2.71 bits per heavy atom. The van der Waals surface area contributed by atoms with E-state index >= 15 is 0 Å². The maximum absolute atomic E-state index is 12.1. The quantitative estimate of drug-likeness (QED) is 0.729.